The van der Waals surface area contributed by atoms with Crippen LogP contribution >= 0.6 is 0 Å². The lowest BCUT2D eigenvalue weighted by Gasteiger charge is -2.10. The minimum absolute atomic E-state index is 0.339. The van der Waals surface area contributed by atoms with Crippen molar-refractivity contribution in [1.82, 2.24) is 14.5 Å². The van der Waals surface area contributed by atoms with Crippen molar-refractivity contribution in [3.05, 3.63) is 48.5 Å². The highest BCUT2D eigenvalue weighted by Gasteiger charge is 2.20. The number of aromatic nitrogens is 3. The molecule has 0 unspecified atom stereocenters. The van der Waals surface area contributed by atoms with Crippen LogP contribution in [0.1, 0.15) is 5.56 Å². The summed E-state index contributed by atoms with van der Waals surface area (Å²) in [5.74, 6) is 0.733. The van der Waals surface area contributed by atoms with Crippen LogP contribution in [0.25, 0.3) is 23.3 Å². The molecule has 6 heteroatoms. The van der Waals surface area contributed by atoms with E-state index in [1.54, 1.807) is 19.6 Å². The zero-order valence-corrected chi connectivity index (χ0v) is 12.0. The minimum atomic E-state index is 0.339. The molecule has 0 aromatic carbocycles. The van der Waals surface area contributed by atoms with Gasteiger partial charge < -0.3 is 14.5 Å². The topological polar surface area (TPSA) is 65.1 Å². The minimum Gasteiger partial charge on any atom is -0.467 e. The fourth-order valence-electron chi connectivity index (χ4n) is 2.59. The van der Waals surface area contributed by atoms with E-state index in [0.29, 0.717) is 6.01 Å². The van der Waals surface area contributed by atoms with Gasteiger partial charge >= 0.3 is 6.01 Å². The van der Waals surface area contributed by atoms with Crippen LogP contribution < -0.4 is 10.1 Å². The van der Waals surface area contributed by atoms with Gasteiger partial charge in [0.05, 0.1) is 30.4 Å². The van der Waals surface area contributed by atoms with E-state index in [0.717, 1.165) is 35.1 Å². The molecule has 0 bridgehead atoms. The maximum absolute atomic E-state index is 5.55. The number of furan rings is 1. The molecule has 6 nitrogen and oxygen atoms in total. The number of nitrogens with one attached hydrogen (secondary N) is 1. The van der Waals surface area contributed by atoms with Crippen LogP contribution in [0.5, 0.6) is 6.01 Å². The first kappa shape index (κ1) is 12.7. The van der Waals surface area contributed by atoms with Gasteiger partial charge in [-0.15, -0.1) is 0 Å². The first-order valence-electron chi connectivity index (χ1n) is 6.94. The van der Waals surface area contributed by atoms with Gasteiger partial charge in [0.2, 0.25) is 5.88 Å². The normalized spacial score (nSPS) is 12.8. The predicted octanol–water partition coefficient (Wildman–Crippen LogP) is 2.97. The van der Waals surface area contributed by atoms with Gasteiger partial charge in [0, 0.05) is 30.6 Å². The van der Waals surface area contributed by atoms with E-state index in [1.807, 2.05) is 29.0 Å². The highest BCUT2D eigenvalue weighted by molar-refractivity contribution is 5.83. The van der Waals surface area contributed by atoms with Crippen LogP contribution in [-0.4, -0.2) is 28.2 Å². The van der Waals surface area contributed by atoms with Crippen molar-refractivity contribution in [2.24, 2.45) is 0 Å². The molecule has 0 saturated heterocycles. The van der Waals surface area contributed by atoms with Gasteiger partial charge in [-0.2, -0.15) is 4.98 Å². The Morgan fingerprint density at radius 1 is 1.36 bits per heavy atom. The standard InChI is InChI=1S/C16H14N4O2/c1-21-16-18-8-6-12(19-16)15-11-4-2-7-17-13(11)10-20(15)14-5-3-9-22-14/h2-6,8-10,17H,7H2,1H3. The van der Waals surface area contributed by atoms with E-state index in [2.05, 4.69) is 27.4 Å². The third kappa shape index (κ3) is 1.96. The lowest BCUT2D eigenvalue weighted by molar-refractivity contribution is 0.380. The molecule has 4 heterocycles. The monoisotopic (exact) mass is 294 g/mol. The third-order valence-corrected chi connectivity index (χ3v) is 3.54. The summed E-state index contributed by atoms with van der Waals surface area (Å²) in [7, 11) is 1.56. The van der Waals surface area contributed by atoms with Gasteiger partial charge in [-0.3, -0.25) is 4.57 Å². The summed E-state index contributed by atoms with van der Waals surface area (Å²) in [5.41, 5.74) is 3.84. The zero-order chi connectivity index (χ0) is 14.9. The van der Waals surface area contributed by atoms with E-state index < -0.39 is 0 Å². The second kappa shape index (κ2) is 5.07. The molecule has 0 radical (unpaired) electrons. The van der Waals surface area contributed by atoms with E-state index >= 15 is 0 Å². The average Bonchev–Trinajstić information content (AvgIpc) is 3.22. The summed E-state index contributed by atoms with van der Waals surface area (Å²) in [4.78, 5) is 8.53. The molecule has 22 heavy (non-hydrogen) atoms. The third-order valence-electron chi connectivity index (χ3n) is 3.54. The van der Waals surface area contributed by atoms with Crippen LogP contribution in [-0.2, 0) is 0 Å². The number of hydrogen-bond acceptors (Lipinski definition) is 5. The maximum atomic E-state index is 5.55. The number of anilines is 1. The molecule has 1 aliphatic heterocycles. The van der Waals surface area contributed by atoms with Crippen molar-refractivity contribution in [2.45, 2.75) is 0 Å². The summed E-state index contributed by atoms with van der Waals surface area (Å²) >= 11 is 0. The zero-order valence-electron chi connectivity index (χ0n) is 12.0. The molecule has 0 fully saturated rings. The molecule has 110 valence electrons. The Hall–Kier alpha value is -3.02. The van der Waals surface area contributed by atoms with Crippen LogP contribution in [0.15, 0.2) is 47.3 Å². The van der Waals surface area contributed by atoms with Gasteiger partial charge in [0.15, 0.2) is 0 Å². The van der Waals surface area contributed by atoms with Crippen molar-refractivity contribution in [3.63, 3.8) is 0 Å². The van der Waals surface area contributed by atoms with Gasteiger partial charge in [-0.05, 0) is 12.1 Å². The van der Waals surface area contributed by atoms with E-state index in [-0.39, 0.29) is 0 Å². The lowest BCUT2D eigenvalue weighted by atomic mass is 10.1. The first-order chi connectivity index (χ1) is 10.9. The first-order valence-corrected chi connectivity index (χ1v) is 6.94. The smallest absolute Gasteiger partial charge is 0.316 e. The van der Waals surface area contributed by atoms with Crippen molar-refractivity contribution in [2.75, 3.05) is 19.0 Å². The van der Waals surface area contributed by atoms with Crippen molar-refractivity contribution in [1.29, 1.82) is 0 Å². The highest BCUT2D eigenvalue weighted by Crippen LogP contribution is 2.36. The van der Waals surface area contributed by atoms with E-state index in [1.165, 1.54) is 0 Å². The summed E-state index contributed by atoms with van der Waals surface area (Å²) in [5, 5.41) is 3.36. The van der Waals surface area contributed by atoms with Gasteiger partial charge in [0.1, 0.15) is 0 Å². The van der Waals surface area contributed by atoms with Crippen LogP contribution in [0.4, 0.5) is 5.69 Å². The Morgan fingerprint density at radius 3 is 3.14 bits per heavy atom. The van der Waals surface area contributed by atoms with Crippen molar-refractivity contribution in [3.8, 4) is 23.3 Å². The molecule has 0 aliphatic carbocycles. The molecule has 1 aliphatic rings. The molecule has 1 N–H and O–H groups in total. The number of nitrogens with zero attached hydrogens (tertiary/aromatic N) is 3. The SMILES string of the molecule is COc1nccc(-c2c3c(cn2-c2ccco2)NCC=C3)n1. The summed E-state index contributed by atoms with van der Waals surface area (Å²) in [6, 6.07) is 5.98. The molecule has 4 rings (SSSR count). The summed E-state index contributed by atoms with van der Waals surface area (Å²) in [6.45, 7) is 0.807. The number of rotatable bonds is 3. The predicted molar refractivity (Wildman–Crippen MR) is 83.1 cm³/mol. The molecule has 0 amide bonds. The van der Waals surface area contributed by atoms with E-state index in [9.17, 15) is 0 Å². The maximum Gasteiger partial charge on any atom is 0.316 e. The number of fused-ring (bicyclic) bond motifs is 1. The number of hydrogen-bond donors (Lipinski definition) is 1. The van der Waals surface area contributed by atoms with Crippen LogP contribution in [0.2, 0.25) is 0 Å². The molecule has 3 aromatic heterocycles. The Kier molecular flexibility index (Phi) is 2.93. The molecular formula is C16H14N4O2. The van der Waals surface area contributed by atoms with Gasteiger partial charge in [-0.1, -0.05) is 12.2 Å². The van der Waals surface area contributed by atoms with Crippen molar-refractivity contribution < 1.29 is 9.15 Å². The number of methoxy groups -OCH3 is 1. The fourth-order valence-corrected chi connectivity index (χ4v) is 2.59. The molecule has 3 aromatic rings. The summed E-state index contributed by atoms with van der Waals surface area (Å²) < 4.78 is 12.7. The Bertz CT molecular complexity index is 834. The van der Waals surface area contributed by atoms with Crippen LogP contribution in [0, 0.1) is 0 Å². The van der Waals surface area contributed by atoms with Gasteiger partial charge in [0.25, 0.3) is 0 Å². The second-order valence-corrected chi connectivity index (χ2v) is 4.84. The average molecular weight is 294 g/mol. The van der Waals surface area contributed by atoms with Gasteiger partial charge in [-0.25, -0.2) is 4.98 Å². The molecule has 0 spiro atoms. The fraction of sp³-hybridized carbons (Fsp3) is 0.125. The van der Waals surface area contributed by atoms with E-state index in [4.69, 9.17) is 9.15 Å². The largest absolute Gasteiger partial charge is 0.467 e. The van der Waals surface area contributed by atoms with Crippen molar-refractivity contribution >= 4 is 11.8 Å². The van der Waals surface area contributed by atoms with Crippen LogP contribution in [0.3, 0.4) is 0 Å². The molecule has 0 saturated carbocycles. The molecular weight excluding hydrogens is 280 g/mol. The highest BCUT2D eigenvalue weighted by atomic mass is 16.5. The Labute approximate surface area is 127 Å². The Balaban J connectivity index is 1.97. The lowest BCUT2D eigenvalue weighted by Crippen LogP contribution is -2.02. The Morgan fingerprint density at radius 2 is 2.32 bits per heavy atom. The number of ether oxygens (including phenoxy) is 1. The summed E-state index contributed by atoms with van der Waals surface area (Å²) in [6.07, 6.45) is 9.53. The second-order valence-electron chi connectivity index (χ2n) is 4.84. The molecule has 0 atom stereocenters. The quantitative estimate of drug-likeness (QED) is 0.804.